The van der Waals surface area contributed by atoms with E-state index in [2.05, 4.69) is 5.43 Å². The molecule has 1 N–H and O–H groups in total. The van der Waals surface area contributed by atoms with Crippen LogP contribution >= 0.6 is 0 Å². The van der Waals surface area contributed by atoms with Crippen molar-refractivity contribution in [2.75, 3.05) is 20.2 Å². The van der Waals surface area contributed by atoms with Crippen molar-refractivity contribution in [2.45, 2.75) is 25.9 Å². The standard InChI is InChI=1S/C8H16N2O2/c1-7(12-2)8(11)10-6-4-3-5-9-10/h7,9H,3-6H2,1-2H3. The van der Waals surface area contributed by atoms with Crippen molar-refractivity contribution in [3.05, 3.63) is 0 Å². The normalized spacial score (nSPS) is 20.7. The zero-order chi connectivity index (χ0) is 8.97. The molecule has 4 heteroatoms. The van der Waals surface area contributed by atoms with Crippen molar-refractivity contribution in [1.29, 1.82) is 0 Å². The number of methoxy groups -OCH3 is 1. The van der Waals surface area contributed by atoms with E-state index in [4.69, 9.17) is 4.74 Å². The highest BCUT2D eigenvalue weighted by Crippen LogP contribution is 2.02. The zero-order valence-electron chi connectivity index (χ0n) is 7.67. The van der Waals surface area contributed by atoms with E-state index in [0.717, 1.165) is 25.9 Å². The van der Waals surface area contributed by atoms with Crippen molar-refractivity contribution in [1.82, 2.24) is 10.4 Å². The number of rotatable bonds is 2. The molecule has 1 amide bonds. The number of hydrogen-bond acceptors (Lipinski definition) is 3. The Bertz CT molecular complexity index is 155. The molecule has 0 bridgehead atoms. The maximum Gasteiger partial charge on any atom is 0.265 e. The van der Waals surface area contributed by atoms with Crippen LogP contribution in [-0.4, -0.2) is 37.2 Å². The summed E-state index contributed by atoms with van der Waals surface area (Å²) in [4.78, 5) is 11.5. The Labute approximate surface area is 72.8 Å². The smallest absolute Gasteiger partial charge is 0.265 e. The van der Waals surface area contributed by atoms with Crippen LogP contribution in [0.25, 0.3) is 0 Å². The molecule has 1 fully saturated rings. The lowest BCUT2D eigenvalue weighted by Crippen LogP contribution is -2.50. The van der Waals surface area contributed by atoms with Gasteiger partial charge in [-0.3, -0.25) is 9.80 Å². The number of ether oxygens (including phenoxy) is 1. The Hall–Kier alpha value is -0.610. The Balaban J connectivity index is 2.39. The Morgan fingerprint density at radius 1 is 1.58 bits per heavy atom. The second-order valence-corrected chi connectivity index (χ2v) is 2.98. The summed E-state index contributed by atoms with van der Waals surface area (Å²) in [5.41, 5.74) is 3.04. The van der Waals surface area contributed by atoms with E-state index in [1.807, 2.05) is 0 Å². The third kappa shape index (κ3) is 2.19. The van der Waals surface area contributed by atoms with Crippen molar-refractivity contribution in [3.63, 3.8) is 0 Å². The molecule has 0 aromatic carbocycles. The molecule has 0 aliphatic carbocycles. The number of amides is 1. The molecule has 0 aromatic heterocycles. The van der Waals surface area contributed by atoms with Crippen molar-refractivity contribution >= 4 is 5.91 Å². The lowest BCUT2D eigenvalue weighted by molar-refractivity contribution is -0.145. The molecular weight excluding hydrogens is 156 g/mol. The summed E-state index contributed by atoms with van der Waals surface area (Å²) < 4.78 is 4.93. The number of nitrogens with zero attached hydrogens (tertiary/aromatic N) is 1. The van der Waals surface area contributed by atoms with Gasteiger partial charge in [-0.05, 0) is 19.8 Å². The van der Waals surface area contributed by atoms with Crippen LogP contribution in [-0.2, 0) is 9.53 Å². The highest BCUT2D eigenvalue weighted by Gasteiger charge is 2.21. The molecule has 0 radical (unpaired) electrons. The molecule has 4 nitrogen and oxygen atoms in total. The zero-order valence-corrected chi connectivity index (χ0v) is 7.67. The minimum absolute atomic E-state index is 0.0252. The molecule has 0 spiro atoms. The second kappa shape index (κ2) is 4.42. The molecule has 1 aliphatic heterocycles. The first-order valence-corrected chi connectivity index (χ1v) is 4.33. The molecule has 1 saturated heterocycles. The Morgan fingerprint density at radius 2 is 2.33 bits per heavy atom. The summed E-state index contributed by atoms with van der Waals surface area (Å²) in [5.74, 6) is 0.0252. The Kier molecular flexibility index (Phi) is 3.49. The lowest BCUT2D eigenvalue weighted by Gasteiger charge is -2.29. The third-order valence-electron chi connectivity index (χ3n) is 2.08. The maximum absolute atomic E-state index is 11.5. The first-order valence-electron chi connectivity index (χ1n) is 4.33. The van der Waals surface area contributed by atoms with Gasteiger partial charge in [-0.15, -0.1) is 0 Å². The quantitative estimate of drug-likeness (QED) is 0.644. The van der Waals surface area contributed by atoms with Gasteiger partial charge < -0.3 is 4.74 Å². The average Bonchev–Trinajstić information content (AvgIpc) is 2.17. The van der Waals surface area contributed by atoms with E-state index >= 15 is 0 Å². The van der Waals surface area contributed by atoms with Gasteiger partial charge in [-0.25, -0.2) is 5.43 Å². The summed E-state index contributed by atoms with van der Waals surface area (Å²) in [5, 5.41) is 1.65. The minimum atomic E-state index is -0.337. The number of hydrazine groups is 1. The molecule has 0 aromatic rings. The average molecular weight is 172 g/mol. The number of carbonyl (C=O) groups excluding carboxylic acids is 1. The number of hydrogen-bond donors (Lipinski definition) is 1. The predicted molar refractivity (Wildman–Crippen MR) is 45.4 cm³/mol. The van der Waals surface area contributed by atoms with Gasteiger partial charge in [-0.1, -0.05) is 0 Å². The van der Waals surface area contributed by atoms with E-state index in [9.17, 15) is 4.79 Å². The van der Waals surface area contributed by atoms with Crippen LogP contribution in [0, 0.1) is 0 Å². The van der Waals surface area contributed by atoms with E-state index < -0.39 is 0 Å². The van der Waals surface area contributed by atoms with Gasteiger partial charge in [-0.2, -0.15) is 0 Å². The first kappa shape index (κ1) is 9.48. The van der Waals surface area contributed by atoms with Gasteiger partial charge >= 0.3 is 0 Å². The van der Waals surface area contributed by atoms with Crippen LogP contribution < -0.4 is 5.43 Å². The van der Waals surface area contributed by atoms with E-state index in [1.165, 1.54) is 0 Å². The number of nitrogens with one attached hydrogen (secondary N) is 1. The SMILES string of the molecule is COC(C)C(=O)N1CCCCN1. The molecule has 1 heterocycles. The second-order valence-electron chi connectivity index (χ2n) is 2.98. The fraction of sp³-hybridized carbons (Fsp3) is 0.875. The lowest BCUT2D eigenvalue weighted by atomic mass is 10.2. The van der Waals surface area contributed by atoms with Crippen LogP contribution in [0.3, 0.4) is 0 Å². The molecule has 70 valence electrons. The molecule has 1 aliphatic rings. The largest absolute Gasteiger partial charge is 0.372 e. The topological polar surface area (TPSA) is 41.6 Å². The highest BCUT2D eigenvalue weighted by molar-refractivity contribution is 5.80. The molecule has 12 heavy (non-hydrogen) atoms. The number of carbonyl (C=O) groups is 1. The van der Waals surface area contributed by atoms with Gasteiger partial charge in [0.25, 0.3) is 5.91 Å². The minimum Gasteiger partial charge on any atom is -0.372 e. The monoisotopic (exact) mass is 172 g/mol. The molecule has 1 unspecified atom stereocenters. The molecule has 0 saturated carbocycles. The summed E-state index contributed by atoms with van der Waals surface area (Å²) in [6.07, 6.45) is 1.89. The fourth-order valence-electron chi connectivity index (χ4n) is 1.20. The van der Waals surface area contributed by atoms with Crippen LogP contribution in [0.15, 0.2) is 0 Å². The van der Waals surface area contributed by atoms with Crippen LogP contribution in [0.5, 0.6) is 0 Å². The van der Waals surface area contributed by atoms with Crippen molar-refractivity contribution < 1.29 is 9.53 Å². The van der Waals surface area contributed by atoms with Crippen molar-refractivity contribution in [2.24, 2.45) is 0 Å². The third-order valence-corrected chi connectivity index (χ3v) is 2.08. The molecule has 1 rings (SSSR count). The van der Waals surface area contributed by atoms with E-state index in [-0.39, 0.29) is 12.0 Å². The first-order chi connectivity index (χ1) is 5.75. The predicted octanol–water partition coefficient (Wildman–Crippen LogP) is 0.148. The van der Waals surface area contributed by atoms with Gasteiger partial charge in [0, 0.05) is 20.2 Å². The van der Waals surface area contributed by atoms with Crippen molar-refractivity contribution in [3.8, 4) is 0 Å². The van der Waals surface area contributed by atoms with Gasteiger partial charge in [0.15, 0.2) is 0 Å². The summed E-state index contributed by atoms with van der Waals surface area (Å²) >= 11 is 0. The maximum atomic E-state index is 11.5. The van der Waals surface area contributed by atoms with Gasteiger partial charge in [0.1, 0.15) is 6.10 Å². The Morgan fingerprint density at radius 3 is 2.83 bits per heavy atom. The van der Waals surface area contributed by atoms with Gasteiger partial charge in [0.2, 0.25) is 0 Å². The molecular formula is C8H16N2O2. The summed E-state index contributed by atoms with van der Waals surface area (Å²) in [7, 11) is 1.55. The van der Waals surface area contributed by atoms with Crippen LogP contribution in [0.4, 0.5) is 0 Å². The van der Waals surface area contributed by atoms with E-state index in [1.54, 1.807) is 19.0 Å². The summed E-state index contributed by atoms with van der Waals surface area (Å²) in [6, 6.07) is 0. The van der Waals surface area contributed by atoms with E-state index in [0.29, 0.717) is 0 Å². The molecule has 1 atom stereocenters. The summed E-state index contributed by atoms with van der Waals surface area (Å²) in [6.45, 7) is 3.45. The highest BCUT2D eigenvalue weighted by atomic mass is 16.5. The fourth-order valence-corrected chi connectivity index (χ4v) is 1.20. The van der Waals surface area contributed by atoms with Gasteiger partial charge in [0.05, 0.1) is 0 Å². The van der Waals surface area contributed by atoms with Crippen LogP contribution in [0.2, 0.25) is 0 Å². The van der Waals surface area contributed by atoms with Crippen LogP contribution in [0.1, 0.15) is 19.8 Å².